The van der Waals surface area contributed by atoms with E-state index in [4.69, 9.17) is 11.6 Å². The topological polar surface area (TPSA) is 20.3 Å². The molecule has 1 rings (SSSR count). The van der Waals surface area contributed by atoms with Gasteiger partial charge in [-0.15, -0.1) is 11.6 Å². The van der Waals surface area contributed by atoms with Crippen LogP contribution in [0.1, 0.15) is 12.5 Å². The molecule has 82 valence electrons. The summed E-state index contributed by atoms with van der Waals surface area (Å²) in [5, 5.41) is 0. The summed E-state index contributed by atoms with van der Waals surface area (Å²) in [6.45, 7) is 3.85. The zero-order valence-electron chi connectivity index (χ0n) is 9.33. The Bertz CT molecular complexity index is 334. The Hall–Kier alpha value is -1.02. The third-order valence-electron chi connectivity index (χ3n) is 2.40. The van der Waals surface area contributed by atoms with Crippen molar-refractivity contribution in [2.24, 2.45) is 5.92 Å². The molecule has 1 amide bonds. The van der Waals surface area contributed by atoms with E-state index in [-0.39, 0.29) is 11.8 Å². The number of rotatable bonds is 3. The lowest BCUT2D eigenvalue weighted by Gasteiger charge is -2.20. The summed E-state index contributed by atoms with van der Waals surface area (Å²) in [7, 11) is 1.77. The van der Waals surface area contributed by atoms with E-state index < -0.39 is 0 Å². The van der Waals surface area contributed by atoms with Gasteiger partial charge in [0.2, 0.25) is 5.91 Å². The highest BCUT2D eigenvalue weighted by atomic mass is 35.5. The molecule has 15 heavy (non-hydrogen) atoms. The number of aryl methyl sites for hydroxylation is 1. The first-order valence-electron chi connectivity index (χ1n) is 4.96. The summed E-state index contributed by atoms with van der Waals surface area (Å²) in [6, 6.07) is 7.86. The molecule has 1 aromatic rings. The fraction of sp³-hybridized carbons (Fsp3) is 0.417. The van der Waals surface area contributed by atoms with Crippen molar-refractivity contribution < 1.29 is 4.79 Å². The standard InChI is InChI=1S/C12H16ClNO/c1-9-4-6-11(7-5-9)14(3)12(15)10(2)8-13/h4-7,10H,8H2,1-3H3. The minimum Gasteiger partial charge on any atom is -0.315 e. The smallest absolute Gasteiger partial charge is 0.230 e. The van der Waals surface area contributed by atoms with Gasteiger partial charge in [-0.1, -0.05) is 24.6 Å². The zero-order valence-corrected chi connectivity index (χ0v) is 10.1. The molecule has 0 saturated heterocycles. The number of anilines is 1. The number of benzene rings is 1. The highest BCUT2D eigenvalue weighted by molar-refractivity contribution is 6.19. The van der Waals surface area contributed by atoms with Gasteiger partial charge in [-0.25, -0.2) is 0 Å². The third-order valence-corrected chi connectivity index (χ3v) is 2.87. The number of hydrogen-bond donors (Lipinski definition) is 0. The number of carbonyl (C=O) groups excluding carboxylic acids is 1. The van der Waals surface area contributed by atoms with Crippen molar-refractivity contribution in [1.29, 1.82) is 0 Å². The molecular weight excluding hydrogens is 210 g/mol. The van der Waals surface area contributed by atoms with Crippen LogP contribution >= 0.6 is 11.6 Å². The minimum atomic E-state index is -0.141. The SMILES string of the molecule is Cc1ccc(N(C)C(=O)C(C)CCl)cc1. The maximum absolute atomic E-state index is 11.8. The molecule has 1 unspecified atom stereocenters. The van der Waals surface area contributed by atoms with Crippen molar-refractivity contribution in [3.8, 4) is 0 Å². The molecule has 0 heterocycles. The van der Waals surface area contributed by atoms with Gasteiger partial charge in [0.1, 0.15) is 0 Å². The van der Waals surface area contributed by atoms with Crippen LogP contribution in [-0.2, 0) is 4.79 Å². The van der Waals surface area contributed by atoms with E-state index in [1.165, 1.54) is 5.56 Å². The lowest BCUT2D eigenvalue weighted by Crippen LogP contribution is -2.32. The fourth-order valence-electron chi connectivity index (χ4n) is 1.29. The molecule has 0 N–H and O–H groups in total. The molecule has 0 aliphatic heterocycles. The first-order chi connectivity index (χ1) is 7.06. The summed E-state index contributed by atoms with van der Waals surface area (Å²) in [6.07, 6.45) is 0. The monoisotopic (exact) mass is 225 g/mol. The fourth-order valence-corrected chi connectivity index (χ4v) is 1.42. The van der Waals surface area contributed by atoms with Crippen LogP contribution in [-0.4, -0.2) is 18.8 Å². The summed E-state index contributed by atoms with van der Waals surface area (Å²) in [5.41, 5.74) is 2.09. The molecule has 0 bridgehead atoms. The third kappa shape index (κ3) is 2.96. The average Bonchev–Trinajstić information content (AvgIpc) is 2.27. The molecule has 0 aliphatic rings. The Morgan fingerprint density at radius 3 is 2.40 bits per heavy atom. The van der Waals surface area contributed by atoms with Crippen molar-refractivity contribution in [3.63, 3.8) is 0 Å². The molecule has 0 aliphatic carbocycles. The Balaban J connectivity index is 2.80. The predicted molar refractivity (Wildman–Crippen MR) is 64.5 cm³/mol. The Morgan fingerprint density at radius 1 is 1.40 bits per heavy atom. The quantitative estimate of drug-likeness (QED) is 0.725. The van der Waals surface area contributed by atoms with E-state index >= 15 is 0 Å². The summed E-state index contributed by atoms with van der Waals surface area (Å²) in [4.78, 5) is 13.4. The van der Waals surface area contributed by atoms with Crippen molar-refractivity contribution in [2.45, 2.75) is 13.8 Å². The Labute approximate surface area is 95.8 Å². The first-order valence-corrected chi connectivity index (χ1v) is 5.50. The van der Waals surface area contributed by atoms with Crippen LogP contribution < -0.4 is 4.90 Å². The highest BCUT2D eigenvalue weighted by Crippen LogP contribution is 2.16. The van der Waals surface area contributed by atoms with Crippen molar-refractivity contribution >= 4 is 23.2 Å². The maximum Gasteiger partial charge on any atom is 0.230 e. The predicted octanol–water partition coefficient (Wildman–Crippen LogP) is 2.83. The molecule has 0 aromatic heterocycles. The van der Waals surface area contributed by atoms with Crippen LogP contribution in [0, 0.1) is 12.8 Å². The van der Waals surface area contributed by atoms with Crippen LogP contribution in [0.2, 0.25) is 0 Å². The van der Waals surface area contributed by atoms with Gasteiger partial charge in [0.05, 0.1) is 0 Å². The zero-order chi connectivity index (χ0) is 11.4. The van der Waals surface area contributed by atoms with Gasteiger partial charge in [-0.2, -0.15) is 0 Å². The van der Waals surface area contributed by atoms with Crippen LogP contribution in [0.3, 0.4) is 0 Å². The number of nitrogens with zero attached hydrogens (tertiary/aromatic N) is 1. The molecule has 0 saturated carbocycles. The maximum atomic E-state index is 11.8. The highest BCUT2D eigenvalue weighted by Gasteiger charge is 2.17. The van der Waals surface area contributed by atoms with Crippen molar-refractivity contribution in [1.82, 2.24) is 0 Å². The minimum absolute atomic E-state index is 0.0499. The number of amides is 1. The molecule has 2 nitrogen and oxygen atoms in total. The second kappa shape index (κ2) is 5.17. The number of alkyl halides is 1. The first kappa shape index (κ1) is 12.1. The van der Waals surface area contributed by atoms with Gasteiger partial charge in [0, 0.05) is 24.5 Å². The van der Waals surface area contributed by atoms with E-state index in [2.05, 4.69) is 0 Å². The second-order valence-electron chi connectivity index (χ2n) is 3.79. The average molecular weight is 226 g/mol. The van der Waals surface area contributed by atoms with E-state index in [1.54, 1.807) is 11.9 Å². The van der Waals surface area contributed by atoms with E-state index in [0.717, 1.165) is 5.69 Å². The van der Waals surface area contributed by atoms with Crippen molar-refractivity contribution in [3.05, 3.63) is 29.8 Å². The second-order valence-corrected chi connectivity index (χ2v) is 4.10. The molecule has 3 heteroatoms. The van der Waals surface area contributed by atoms with Crippen LogP contribution in [0.25, 0.3) is 0 Å². The molecule has 1 atom stereocenters. The van der Waals surface area contributed by atoms with Crippen LogP contribution in [0.5, 0.6) is 0 Å². The lowest BCUT2D eigenvalue weighted by molar-refractivity contribution is -0.121. The summed E-state index contributed by atoms with van der Waals surface area (Å²) < 4.78 is 0. The van der Waals surface area contributed by atoms with Gasteiger partial charge in [-0.05, 0) is 19.1 Å². The lowest BCUT2D eigenvalue weighted by atomic mass is 10.1. The van der Waals surface area contributed by atoms with Gasteiger partial charge < -0.3 is 4.90 Å². The molecule has 0 spiro atoms. The van der Waals surface area contributed by atoms with Gasteiger partial charge in [-0.3, -0.25) is 4.79 Å². The van der Waals surface area contributed by atoms with Crippen LogP contribution in [0.15, 0.2) is 24.3 Å². The Kier molecular flexibility index (Phi) is 4.15. The van der Waals surface area contributed by atoms with E-state index in [9.17, 15) is 4.79 Å². The van der Waals surface area contributed by atoms with Crippen molar-refractivity contribution in [2.75, 3.05) is 17.8 Å². The largest absolute Gasteiger partial charge is 0.315 e. The van der Waals surface area contributed by atoms with Gasteiger partial charge in [0.15, 0.2) is 0 Å². The molecule has 0 fully saturated rings. The number of halogens is 1. The number of hydrogen-bond acceptors (Lipinski definition) is 1. The van der Waals surface area contributed by atoms with Gasteiger partial charge in [0.25, 0.3) is 0 Å². The van der Waals surface area contributed by atoms with Gasteiger partial charge >= 0.3 is 0 Å². The molecule has 0 radical (unpaired) electrons. The molecular formula is C12H16ClNO. The Morgan fingerprint density at radius 2 is 1.93 bits per heavy atom. The van der Waals surface area contributed by atoms with Crippen LogP contribution in [0.4, 0.5) is 5.69 Å². The summed E-state index contributed by atoms with van der Waals surface area (Å²) in [5.74, 6) is 0.265. The molecule has 1 aromatic carbocycles. The summed E-state index contributed by atoms with van der Waals surface area (Å²) >= 11 is 5.66. The van der Waals surface area contributed by atoms with E-state index in [0.29, 0.717) is 5.88 Å². The van der Waals surface area contributed by atoms with E-state index in [1.807, 2.05) is 38.1 Å². The number of carbonyl (C=O) groups is 1. The normalized spacial score (nSPS) is 12.3.